The van der Waals surface area contributed by atoms with Gasteiger partial charge in [-0.25, -0.2) is 0 Å². The Labute approximate surface area is 120 Å². The molecule has 8 nitrogen and oxygen atoms in total. The number of carbonyl (C=O) groups is 2. The lowest BCUT2D eigenvalue weighted by molar-refractivity contribution is -0.384. The third-order valence-corrected chi connectivity index (χ3v) is 3.29. The van der Waals surface area contributed by atoms with E-state index in [9.17, 15) is 19.7 Å². The predicted molar refractivity (Wildman–Crippen MR) is 74.0 cm³/mol. The van der Waals surface area contributed by atoms with Gasteiger partial charge in [-0.15, -0.1) is 0 Å². The molecule has 1 unspecified atom stereocenters. The third-order valence-electron chi connectivity index (χ3n) is 3.29. The van der Waals surface area contributed by atoms with Crippen LogP contribution in [0.1, 0.15) is 12.8 Å². The number of benzene rings is 1. The van der Waals surface area contributed by atoms with E-state index >= 15 is 0 Å². The number of nitro groups is 1. The molecule has 1 saturated heterocycles. The Bertz CT molecular complexity index is 577. The van der Waals surface area contributed by atoms with Crippen molar-refractivity contribution in [3.8, 4) is 5.75 Å². The second kappa shape index (κ2) is 6.21. The lowest BCUT2D eigenvalue weighted by Crippen LogP contribution is -2.40. The van der Waals surface area contributed by atoms with Gasteiger partial charge in [0, 0.05) is 25.1 Å². The van der Waals surface area contributed by atoms with E-state index in [1.807, 2.05) is 0 Å². The van der Waals surface area contributed by atoms with Gasteiger partial charge in [0.25, 0.3) is 5.69 Å². The number of ether oxygens (including phenoxy) is 1. The van der Waals surface area contributed by atoms with Crippen LogP contribution in [-0.4, -0.2) is 30.4 Å². The molecule has 8 heteroatoms. The van der Waals surface area contributed by atoms with Gasteiger partial charge in [-0.1, -0.05) is 0 Å². The van der Waals surface area contributed by atoms with Crippen molar-refractivity contribution in [1.29, 1.82) is 0 Å². The van der Waals surface area contributed by atoms with Crippen molar-refractivity contribution in [2.45, 2.75) is 12.8 Å². The molecule has 2 N–H and O–H groups in total. The molecule has 0 spiro atoms. The molecule has 1 aromatic carbocycles. The highest BCUT2D eigenvalue weighted by Crippen LogP contribution is 2.29. The molecule has 0 aliphatic carbocycles. The standard InChI is InChI=1S/C13H15N3O5/c1-21-11-4-3-9(16(19)20)6-10(11)15-13(18)8-2-5-12(17)14-7-8/h3-4,6,8H,2,5,7H2,1H3,(H,14,17)(H,15,18). The molecule has 2 amide bonds. The molecule has 1 atom stereocenters. The Balaban J connectivity index is 2.13. The first-order chi connectivity index (χ1) is 10.0. The molecule has 21 heavy (non-hydrogen) atoms. The van der Waals surface area contributed by atoms with Crippen LogP contribution in [0.15, 0.2) is 18.2 Å². The molecule has 2 rings (SSSR count). The number of nitrogens with one attached hydrogen (secondary N) is 2. The molecular formula is C13H15N3O5. The van der Waals surface area contributed by atoms with Crippen molar-refractivity contribution in [3.63, 3.8) is 0 Å². The van der Waals surface area contributed by atoms with E-state index in [2.05, 4.69) is 10.6 Å². The Kier molecular flexibility index (Phi) is 4.36. The molecule has 112 valence electrons. The van der Waals surface area contributed by atoms with Crippen LogP contribution in [0.2, 0.25) is 0 Å². The van der Waals surface area contributed by atoms with E-state index in [-0.39, 0.29) is 35.7 Å². The molecule has 0 bridgehead atoms. The number of amides is 2. The lowest BCUT2D eigenvalue weighted by Gasteiger charge is -2.22. The van der Waals surface area contributed by atoms with Crippen molar-refractivity contribution in [1.82, 2.24) is 5.32 Å². The molecule has 1 fully saturated rings. The van der Waals surface area contributed by atoms with Gasteiger partial charge < -0.3 is 15.4 Å². The van der Waals surface area contributed by atoms with Crippen molar-refractivity contribution in [2.24, 2.45) is 5.92 Å². The summed E-state index contributed by atoms with van der Waals surface area (Å²) in [5.41, 5.74) is 0.108. The zero-order chi connectivity index (χ0) is 15.4. The molecule has 1 aliphatic rings. The van der Waals surface area contributed by atoms with Crippen molar-refractivity contribution in [2.75, 3.05) is 19.0 Å². The summed E-state index contributed by atoms with van der Waals surface area (Å²) >= 11 is 0. The number of methoxy groups -OCH3 is 1. The molecule has 1 aliphatic heterocycles. The summed E-state index contributed by atoms with van der Waals surface area (Å²) in [4.78, 5) is 33.4. The van der Waals surface area contributed by atoms with Crippen LogP contribution in [0.25, 0.3) is 0 Å². The minimum absolute atomic E-state index is 0.0769. The maximum atomic E-state index is 12.1. The molecular weight excluding hydrogens is 278 g/mol. The second-order valence-electron chi connectivity index (χ2n) is 4.67. The average molecular weight is 293 g/mol. The number of hydrogen-bond donors (Lipinski definition) is 2. The number of carbonyl (C=O) groups excluding carboxylic acids is 2. The van der Waals surface area contributed by atoms with Crippen LogP contribution >= 0.6 is 0 Å². The summed E-state index contributed by atoms with van der Waals surface area (Å²) in [6, 6.07) is 3.98. The van der Waals surface area contributed by atoms with Crippen LogP contribution in [0.4, 0.5) is 11.4 Å². The van der Waals surface area contributed by atoms with E-state index in [0.717, 1.165) is 0 Å². The van der Waals surface area contributed by atoms with Crippen LogP contribution < -0.4 is 15.4 Å². The molecule has 1 aromatic rings. The number of nitrogens with zero attached hydrogens (tertiary/aromatic N) is 1. The fourth-order valence-electron chi connectivity index (χ4n) is 2.10. The fraction of sp³-hybridized carbons (Fsp3) is 0.385. The molecule has 0 radical (unpaired) electrons. The quantitative estimate of drug-likeness (QED) is 0.637. The lowest BCUT2D eigenvalue weighted by atomic mass is 9.98. The highest BCUT2D eigenvalue weighted by atomic mass is 16.6. The third kappa shape index (κ3) is 3.47. The number of rotatable bonds is 4. The first kappa shape index (κ1) is 14.8. The van der Waals surface area contributed by atoms with Gasteiger partial charge in [-0.3, -0.25) is 19.7 Å². The zero-order valence-corrected chi connectivity index (χ0v) is 11.4. The van der Waals surface area contributed by atoms with Gasteiger partial charge in [0.2, 0.25) is 11.8 Å². The Hall–Kier alpha value is -2.64. The van der Waals surface area contributed by atoms with Crippen LogP contribution in [0.3, 0.4) is 0 Å². The van der Waals surface area contributed by atoms with Gasteiger partial charge in [0.1, 0.15) is 5.75 Å². The van der Waals surface area contributed by atoms with Gasteiger partial charge in [0.15, 0.2) is 0 Å². The molecule has 1 heterocycles. The number of hydrogen-bond acceptors (Lipinski definition) is 5. The van der Waals surface area contributed by atoms with Crippen LogP contribution in [-0.2, 0) is 9.59 Å². The predicted octanol–water partition coefficient (Wildman–Crippen LogP) is 1.07. The van der Waals surface area contributed by atoms with Crippen molar-refractivity contribution >= 4 is 23.2 Å². The summed E-state index contributed by atoms with van der Waals surface area (Å²) < 4.78 is 5.08. The van der Waals surface area contributed by atoms with Crippen LogP contribution in [0, 0.1) is 16.0 Å². The van der Waals surface area contributed by atoms with Gasteiger partial charge in [-0.05, 0) is 12.5 Å². The highest BCUT2D eigenvalue weighted by molar-refractivity contribution is 5.95. The summed E-state index contributed by atoms with van der Waals surface area (Å²) in [5, 5.41) is 16.0. The Morgan fingerprint density at radius 2 is 2.29 bits per heavy atom. The SMILES string of the molecule is COc1ccc([N+](=O)[O-])cc1NC(=O)C1CCC(=O)NC1. The summed E-state index contributed by atoms with van der Waals surface area (Å²) in [5.74, 6) is -0.388. The largest absolute Gasteiger partial charge is 0.495 e. The summed E-state index contributed by atoms with van der Waals surface area (Å²) in [6.07, 6.45) is 0.749. The molecule has 0 saturated carbocycles. The maximum absolute atomic E-state index is 12.1. The van der Waals surface area contributed by atoms with Crippen molar-refractivity contribution < 1.29 is 19.2 Å². The first-order valence-electron chi connectivity index (χ1n) is 6.41. The minimum atomic E-state index is -0.546. The van der Waals surface area contributed by atoms with Crippen LogP contribution in [0.5, 0.6) is 5.75 Å². The highest BCUT2D eigenvalue weighted by Gasteiger charge is 2.25. The van der Waals surface area contributed by atoms with E-state index in [1.165, 1.54) is 25.3 Å². The first-order valence-corrected chi connectivity index (χ1v) is 6.41. The number of anilines is 1. The number of nitro benzene ring substituents is 1. The topological polar surface area (TPSA) is 111 Å². The Morgan fingerprint density at radius 1 is 1.52 bits per heavy atom. The monoisotopic (exact) mass is 293 g/mol. The smallest absolute Gasteiger partial charge is 0.271 e. The minimum Gasteiger partial charge on any atom is -0.495 e. The number of non-ortho nitro benzene ring substituents is 1. The summed E-state index contributed by atoms with van der Waals surface area (Å²) in [7, 11) is 1.41. The van der Waals surface area contributed by atoms with E-state index in [4.69, 9.17) is 4.74 Å². The second-order valence-corrected chi connectivity index (χ2v) is 4.67. The average Bonchev–Trinajstić information content (AvgIpc) is 2.47. The zero-order valence-electron chi connectivity index (χ0n) is 11.4. The molecule has 0 aromatic heterocycles. The summed E-state index contributed by atoms with van der Waals surface area (Å²) in [6.45, 7) is 0.266. The van der Waals surface area contributed by atoms with E-state index in [0.29, 0.717) is 18.6 Å². The fourth-order valence-corrected chi connectivity index (χ4v) is 2.10. The van der Waals surface area contributed by atoms with Crippen molar-refractivity contribution in [3.05, 3.63) is 28.3 Å². The van der Waals surface area contributed by atoms with Gasteiger partial charge >= 0.3 is 0 Å². The Morgan fingerprint density at radius 3 is 2.86 bits per heavy atom. The maximum Gasteiger partial charge on any atom is 0.271 e. The van der Waals surface area contributed by atoms with Gasteiger partial charge in [-0.2, -0.15) is 0 Å². The van der Waals surface area contributed by atoms with Gasteiger partial charge in [0.05, 0.1) is 23.6 Å². The normalized spacial score (nSPS) is 17.8. The number of piperidine rings is 1. The van der Waals surface area contributed by atoms with E-state index < -0.39 is 4.92 Å². The van der Waals surface area contributed by atoms with E-state index in [1.54, 1.807) is 0 Å².